The number of benzene rings is 1. The molecule has 0 aliphatic heterocycles. The summed E-state index contributed by atoms with van der Waals surface area (Å²) in [4.78, 5) is 19.0. The third kappa shape index (κ3) is 3.83. The van der Waals surface area contributed by atoms with Gasteiger partial charge in [-0.15, -0.1) is 0 Å². The van der Waals surface area contributed by atoms with E-state index in [-0.39, 0.29) is 5.91 Å². The maximum Gasteiger partial charge on any atom is 0.251 e. The van der Waals surface area contributed by atoms with Crippen molar-refractivity contribution in [1.82, 2.24) is 15.3 Å². The zero-order valence-corrected chi connectivity index (χ0v) is 12.0. The second-order valence-corrected chi connectivity index (χ2v) is 5.15. The molecule has 1 amide bonds. The lowest BCUT2D eigenvalue weighted by Crippen LogP contribution is -2.24. The van der Waals surface area contributed by atoms with Gasteiger partial charge in [0.25, 0.3) is 5.91 Å². The number of nitrogens with one attached hydrogen (secondary N) is 2. The standard InChI is InChI=1S/C13H14IN3O/c14-11-5-3-10(4-6-11)13(18)17-7-1-2-12-15-8-9-16-12/h3-6,8-9H,1-2,7H2,(H,15,16)(H,17,18). The summed E-state index contributed by atoms with van der Waals surface area (Å²) in [6.45, 7) is 0.658. The van der Waals surface area contributed by atoms with Crippen LogP contribution in [-0.2, 0) is 6.42 Å². The van der Waals surface area contributed by atoms with Crippen LogP contribution in [0.5, 0.6) is 0 Å². The van der Waals surface area contributed by atoms with Crippen LogP contribution in [0.2, 0.25) is 0 Å². The van der Waals surface area contributed by atoms with E-state index in [0.717, 1.165) is 22.2 Å². The number of amides is 1. The SMILES string of the molecule is O=C(NCCCc1ncc[nH]1)c1ccc(I)cc1. The molecule has 2 N–H and O–H groups in total. The highest BCUT2D eigenvalue weighted by atomic mass is 127. The minimum absolute atomic E-state index is 0.0224. The topological polar surface area (TPSA) is 57.8 Å². The highest BCUT2D eigenvalue weighted by Gasteiger charge is 2.04. The second kappa shape index (κ2) is 6.53. The monoisotopic (exact) mass is 355 g/mol. The van der Waals surface area contributed by atoms with Crippen molar-refractivity contribution < 1.29 is 4.79 Å². The van der Waals surface area contributed by atoms with Crippen molar-refractivity contribution in [1.29, 1.82) is 0 Å². The molecule has 5 heteroatoms. The fourth-order valence-corrected chi connectivity index (χ4v) is 1.96. The normalized spacial score (nSPS) is 10.3. The lowest BCUT2D eigenvalue weighted by molar-refractivity contribution is 0.0953. The molecule has 0 bridgehead atoms. The number of rotatable bonds is 5. The molecule has 0 unspecified atom stereocenters. The summed E-state index contributed by atoms with van der Waals surface area (Å²) in [7, 11) is 0. The lowest BCUT2D eigenvalue weighted by Gasteiger charge is -2.04. The summed E-state index contributed by atoms with van der Waals surface area (Å²) < 4.78 is 1.13. The lowest BCUT2D eigenvalue weighted by atomic mass is 10.2. The Morgan fingerprint density at radius 3 is 2.78 bits per heavy atom. The first-order valence-corrected chi connectivity index (χ1v) is 6.85. The minimum Gasteiger partial charge on any atom is -0.352 e. The van der Waals surface area contributed by atoms with Crippen molar-refractivity contribution in [3.63, 3.8) is 0 Å². The van der Waals surface area contributed by atoms with Gasteiger partial charge in [-0.1, -0.05) is 0 Å². The third-order valence-corrected chi connectivity index (χ3v) is 3.26. The van der Waals surface area contributed by atoms with E-state index in [0.29, 0.717) is 12.1 Å². The highest BCUT2D eigenvalue weighted by molar-refractivity contribution is 14.1. The molecule has 1 aromatic heterocycles. The molecule has 2 aromatic rings. The Bertz CT molecular complexity index is 493. The van der Waals surface area contributed by atoms with Crippen molar-refractivity contribution in [2.75, 3.05) is 6.54 Å². The number of halogens is 1. The van der Waals surface area contributed by atoms with Crippen molar-refractivity contribution in [3.05, 3.63) is 51.6 Å². The first-order valence-electron chi connectivity index (χ1n) is 5.78. The average Bonchev–Trinajstić information content (AvgIpc) is 2.88. The predicted molar refractivity (Wildman–Crippen MR) is 78.4 cm³/mol. The maximum absolute atomic E-state index is 11.8. The van der Waals surface area contributed by atoms with E-state index >= 15 is 0 Å². The van der Waals surface area contributed by atoms with Crippen LogP contribution in [0.4, 0.5) is 0 Å². The number of H-pyrrole nitrogens is 1. The molecular formula is C13H14IN3O. The van der Waals surface area contributed by atoms with Crippen molar-refractivity contribution in [2.45, 2.75) is 12.8 Å². The Hall–Kier alpha value is -1.37. The first kappa shape index (κ1) is 13.1. The van der Waals surface area contributed by atoms with Crippen LogP contribution < -0.4 is 5.32 Å². The Morgan fingerprint density at radius 2 is 2.11 bits per heavy atom. The summed E-state index contributed by atoms with van der Waals surface area (Å²) in [5, 5.41) is 2.90. The molecule has 94 valence electrons. The quantitative estimate of drug-likeness (QED) is 0.639. The van der Waals surface area contributed by atoms with Crippen molar-refractivity contribution in [3.8, 4) is 0 Å². The number of carbonyl (C=O) groups is 1. The molecule has 18 heavy (non-hydrogen) atoms. The van der Waals surface area contributed by atoms with E-state index in [9.17, 15) is 4.79 Å². The van der Waals surface area contributed by atoms with Crippen LogP contribution in [0, 0.1) is 3.57 Å². The number of nitrogens with zero attached hydrogens (tertiary/aromatic N) is 1. The zero-order chi connectivity index (χ0) is 12.8. The van der Waals surface area contributed by atoms with Crippen LogP contribution in [0.15, 0.2) is 36.7 Å². The summed E-state index contributed by atoms with van der Waals surface area (Å²) in [5.41, 5.74) is 0.702. The number of carbonyl (C=O) groups excluding carboxylic acids is 1. The third-order valence-electron chi connectivity index (χ3n) is 2.54. The van der Waals surface area contributed by atoms with Gasteiger partial charge >= 0.3 is 0 Å². The molecule has 0 radical (unpaired) electrons. The number of aryl methyl sites for hydroxylation is 1. The molecule has 0 aliphatic rings. The van der Waals surface area contributed by atoms with Gasteiger partial charge in [0, 0.05) is 34.5 Å². The Morgan fingerprint density at radius 1 is 1.33 bits per heavy atom. The van der Waals surface area contributed by atoms with E-state index in [4.69, 9.17) is 0 Å². The molecule has 2 rings (SSSR count). The van der Waals surface area contributed by atoms with Crippen LogP contribution in [0.1, 0.15) is 22.6 Å². The molecule has 1 heterocycles. The second-order valence-electron chi connectivity index (χ2n) is 3.90. The van der Waals surface area contributed by atoms with Crippen molar-refractivity contribution in [2.24, 2.45) is 0 Å². The van der Waals surface area contributed by atoms with Crippen LogP contribution in [0.3, 0.4) is 0 Å². The van der Waals surface area contributed by atoms with E-state index in [1.807, 2.05) is 24.3 Å². The number of hydrogen-bond acceptors (Lipinski definition) is 2. The van der Waals surface area contributed by atoms with E-state index < -0.39 is 0 Å². The fourth-order valence-electron chi connectivity index (χ4n) is 1.60. The van der Waals surface area contributed by atoms with Crippen molar-refractivity contribution >= 4 is 28.5 Å². The van der Waals surface area contributed by atoms with E-state index in [2.05, 4.69) is 37.9 Å². The molecule has 0 spiro atoms. The van der Waals surface area contributed by atoms with E-state index in [1.54, 1.807) is 12.4 Å². The van der Waals surface area contributed by atoms with Gasteiger partial charge in [-0.3, -0.25) is 4.79 Å². The maximum atomic E-state index is 11.8. The van der Waals surface area contributed by atoms with Gasteiger partial charge in [0.05, 0.1) is 0 Å². The summed E-state index contributed by atoms with van der Waals surface area (Å²) in [5.74, 6) is 0.935. The highest BCUT2D eigenvalue weighted by Crippen LogP contribution is 2.06. The molecular weight excluding hydrogens is 341 g/mol. The number of hydrogen-bond donors (Lipinski definition) is 2. The van der Waals surface area contributed by atoms with Gasteiger partial charge in [0.15, 0.2) is 0 Å². The van der Waals surface area contributed by atoms with Gasteiger partial charge in [0.1, 0.15) is 5.82 Å². The summed E-state index contributed by atoms with van der Waals surface area (Å²) in [6, 6.07) is 7.53. The summed E-state index contributed by atoms with van der Waals surface area (Å²) in [6.07, 6.45) is 5.27. The van der Waals surface area contributed by atoms with Gasteiger partial charge in [-0.05, 0) is 53.3 Å². The van der Waals surface area contributed by atoms with Gasteiger partial charge in [0.2, 0.25) is 0 Å². The smallest absolute Gasteiger partial charge is 0.251 e. The van der Waals surface area contributed by atoms with Gasteiger partial charge in [-0.2, -0.15) is 0 Å². The Labute approximate surface area is 119 Å². The Kier molecular flexibility index (Phi) is 4.74. The largest absolute Gasteiger partial charge is 0.352 e. The molecule has 0 atom stereocenters. The van der Waals surface area contributed by atoms with Crippen LogP contribution in [0.25, 0.3) is 0 Å². The fraction of sp³-hybridized carbons (Fsp3) is 0.231. The van der Waals surface area contributed by atoms with E-state index in [1.165, 1.54) is 0 Å². The molecule has 0 aliphatic carbocycles. The van der Waals surface area contributed by atoms with Gasteiger partial charge in [-0.25, -0.2) is 4.98 Å². The van der Waals surface area contributed by atoms with Gasteiger partial charge < -0.3 is 10.3 Å². The molecule has 0 saturated carbocycles. The molecule has 0 saturated heterocycles. The number of aromatic nitrogens is 2. The van der Waals surface area contributed by atoms with Crippen LogP contribution in [-0.4, -0.2) is 22.4 Å². The van der Waals surface area contributed by atoms with Crippen LogP contribution >= 0.6 is 22.6 Å². The number of imidazole rings is 1. The number of aromatic amines is 1. The molecule has 4 nitrogen and oxygen atoms in total. The Balaban J connectivity index is 1.73. The minimum atomic E-state index is -0.0224. The summed E-state index contributed by atoms with van der Waals surface area (Å²) >= 11 is 2.22. The zero-order valence-electron chi connectivity index (χ0n) is 9.82. The predicted octanol–water partition coefficient (Wildman–Crippen LogP) is 2.38. The molecule has 1 aromatic carbocycles. The average molecular weight is 355 g/mol. The first-order chi connectivity index (χ1) is 8.75. The molecule has 0 fully saturated rings.